The molecule has 1 heterocycles. The molecule has 0 saturated heterocycles. The van der Waals surface area contributed by atoms with Gasteiger partial charge in [0.2, 0.25) is 0 Å². The molecule has 4 nitrogen and oxygen atoms in total. The van der Waals surface area contributed by atoms with E-state index in [1.54, 1.807) is 0 Å². The molecule has 2 N–H and O–H groups in total. The molecule has 1 aromatic carbocycles. The van der Waals surface area contributed by atoms with E-state index in [9.17, 15) is 5.11 Å². The van der Waals surface area contributed by atoms with Crippen molar-refractivity contribution in [2.24, 2.45) is 10.9 Å². The zero-order valence-corrected chi connectivity index (χ0v) is 13.5. The van der Waals surface area contributed by atoms with Crippen LogP contribution in [0.15, 0.2) is 29.3 Å². The second-order valence-electron chi connectivity index (χ2n) is 6.39. The molecular weight excluding hydrogens is 274 g/mol. The van der Waals surface area contributed by atoms with Gasteiger partial charge in [0, 0.05) is 32.1 Å². The summed E-state index contributed by atoms with van der Waals surface area (Å²) >= 11 is 0. The van der Waals surface area contributed by atoms with Gasteiger partial charge in [-0.1, -0.05) is 30.7 Å². The maximum atomic E-state index is 9.97. The quantitative estimate of drug-likeness (QED) is 0.664. The highest BCUT2D eigenvalue weighted by molar-refractivity contribution is 5.80. The first-order chi connectivity index (χ1) is 10.8. The lowest BCUT2D eigenvalue weighted by Gasteiger charge is -2.32. The fraction of sp³-hybridized carbons (Fsp3) is 0.611. The van der Waals surface area contributed by atoms with Gasteiger partial charge in [-0.25, -0.2) is 0 Å². The Morgan fingerprint density at radius 3 is 2.86 bits per heavy atom. The van der Waals surface area contributed by atoms with Gasteiger partial charge >= 0.3 is 0 Å². The van der Waals surface area contributed by atoms with Gasteiger partial charge in [0.1, 0.15) is 0 Å². The van der Waals surface area contributed by atoms with Crippen LogP contribution in [0.3, 0.4) is 0 Å². The summed E-state index contributed by atoms with van der Waals surface area (Å²) in [5.41, 5.74) is 2.86. The highest BCUT2D eigenvalue weighted by atomic mass is 16.3. The van der Waals surface area contributed by atoms with Crippen molar-refractivity contribution < 1.29 is 5.11 Å². The van der Waals surface area contributed by atoms with Gasteiger partial charge in [-0.3, -0.25) is 4.99 Å². The highest BCUT2D eigenvalue weighted by Crippen LogP contribution is 2.26. The van der Waals surface area contributed by atoms with Crippen LogP contribution in [0, 0.1) is 5.92 Å². The van der Waals surface area contributed by atoms with Crippen LogP contribution in [0.5, 0.6) is 0 Å². The third kappa shape index (κ3) is 3.43. The van der Waals surface area contributed by atoms with Gasteiger partial charge in [0.15, 0.2) is 5.96 Å². The van der Waals surface area contributed by atoms with Gasteiger partial charge in [0.25, 0.3) is 0 Å². The first-order valence-corrected chi connectivity index (χ1v) is 8.56. The van der Waals surface area contributed by atoms with E-state index in [4.69, 9.17) is 4.99 Å². The Morgan fingerprint density at radius 2 is 2.14 bits per heavy atom. The summed E-state index contributed by atoms with van der Waals surface area (Å²) in [7, 11) is 0. The minimum Gasteiger partial charge on any atom is -0.393 e. The normalized spacial score (nSPS) is 25.2. The van der Waals surface area contributed by atoms with Crippen LogP contribution in [-0.2, 0) is 13.0 Å². The summed E-state index contributed by atoms with van der Waals surface area (Å²) < 4.78 is 0. The molecule has 3 rings (SSSR count). The van der Waals surface area contributed by atoms with E-state index in [1.807, 2.05) is 0 Å². The molecule has 2 unspecified atom stereocenters. The van der Waals surface area contributed by atoms with Crippen molar-refractivity contribution in [3.8, 4) is 0 Å². The van der Waals surface area contributed by atoms with E-state index in [0.717, 1.165) is 57.8 Å². The van der Waals surface area contributed by atoms with Crippen molar-refractivity contribution in [1.29, 1.82) is 0 Å². The smallest absolute Gasteiger partial charge is 0.194 e. The molecule has 0 aromatic heterocycles. The van der Waals surface area contributed by atoms with Crippen molar-refractivity contribution >= 4 is 5.96 Å². The van der Waals surface area contributed by atoms with Crippen LogP contribution in [0.1, 0.15) is 37.3 Å². The SMILES string of the molecule is CCNC(=NCC1CCCC1O)N1CCc2ccccc2C1. The Hall–Kier alpha value is -1.55. The fourth-order valence-corrected chi connectivity index (χ4v) is 3.54. The average molecular weight is 301 g/mol. The number of nitrogens with zero attached hydrogens (tertiary/aromatic N) is 2. The molecule has 22 heavy (non-hydrogen) atoms. The summed E-state index contributed by atoms with van der Waals surface area (Å²) in [5, 5.41) is 13.4. The Labute approximate surface area is 133 Å². The topological polar surface area (TPSA) is 47.9 Å². The van der Waals surface area contributed by atoms with Crippen LogP contribution in [0.2, 0.25) is 0 Å². The van der Waals surface area contributed by atoms with Gasteiger partial charge in [0.05, 0.1) is 6.10 Å². The largest absolute Gasteiger partial charge is 0.393 e. The van der Waals surface area contributed by atoms with Gasteiger partial charge in [-0.15, -0.1) is 0 Å². The number of rotatable bonds is 3. The van der Waals surface area contributed by atoms with Gasteiger partial charge in [-0.05, 0) is 37.3 Å². The molecule has 1 aliphatic heterocycles. The van der Waals surface area contributed by atoms with E-state index < -0.39 is 0 Å². The molecule has 0 bridgehead atoms. The lowest BCUT2D eigenvalue weighted by Crippen LogP contribution is -2.44. The molecule has 4 heteroatoms. The van der Waals surface area contributed by atoms with Crippen molar-refractivity contribution in [1.82, 2.24) is 10.2 Å². The minimum absolute atomic E-state index is 0.159. The molecule has 0 radical (unpaired) electrons. The molecule has 1 aliphatic carbocycles. The standard InChI is InChI=1S/C18H27N3O/c1-2-19-18(20-12-15-8-5-9-17(15)22)21-11-10-14-6-3-4-7-16(14)13-21/h3-4,6-7,15,17,22H,2,5,8-13H2,1H3,(H,19,20). The zero-order chi connectivity index (χ0) is 15.4. The number of hydrogen-bond acceptors (Lipinski definition) is 2. The zero-order valence-electron chi connectivity index (χ0n) is 13.5. The lowest BCUT2D eigenvalue weighted by atomic mass is 10.0. The summed E-state index contributed by atoms with van der Waals surface area (Å²) in [4.78, 5) is 7.15. The molecule has 1 aromatic rings. The Bertz CT molecular complexity index is 529. The number of guanidine groups is 1. The van der Waals surface area contributed by atoms with Crippen LogP contribution in [-0.4, -0.2) is 41.7 Å². The van der Waals surface area contributed by atoms with Gasteiger partial charge < -0.3 is 15.3 Å². The highest BCUT2D eigenvalue weighted by Gasteiger charge is 2.25. The van der Waals surface area contributed by atoms with Crippen molar-refractivity contribution in [2.75, 3.05) is 19.6 Å². The monoisotopic (exact) mass is 301 g/mol. The van der Waals surface area contributed by atoms with Crippen LogP contribution in [0.4, 0.5) is 0 Å². The predicted octanol–water partition coefficient (Wildman–Crippen LogP) is 2.17. The van der Waals surface area contributed by atoms with Crippen molar-refractivity contribution in [3.63, 3.8) is 0 Å². The second-order valence-corrected chi connectivity index (χ2v) is 6.39. The molecular formula is C18H27N3O. The first kappa shape index (κ1) is 15.3. The van der Waals surface area contributed by atoms with Crippen LogP contribution < -0.4 is 5.32 Å². The molecule has 2 aliphatic rings. The first-order valence-electron chi connectivity index (χ1n) is 8.56. The number of aliphatic hydroxyl groups is 1. The molecule has 0 amide bonds. The summed E-state index contributed by atoms with van der Waals surface area (Å²) in [6.45, 7) is 5.66. The van der Waals surface area contributed by atoms with Crippen molar-refractivity contribution in [2.45, 2.75) is 45.3 Å². The summed E-state index contributed by atoms with van der Waals surface area (Å²) in [6.07, 6.45) is 4.09. The molecule has 120 valence electrons. The maximum absolute atomic E-state index is 9.97. The van der Waals surface area contributed by atoms with E-state index in [0.29, 0.717) is 5.92 Å². The van der Waals surface area contributed by atoms with Crippen LogP contribution >= 0.6 is 0 Å². The van der Waals surface area contributed by atoms with Crippen molar-refractivity contribution in [3.05, 3.63) is 35.4 Å². The number of fused-ring (bicyclic) bond motifs is 1. The Morgan fingerprint density at radius 1 is 1.32 bits per heavy atom. The maximum Gasteiger partial charge on any atom is 0.194 e. The Kier molecular flexibility index (Phi) is 4.98. The lowest BCUT2D eigenvalue weighted by molar-refractivity contribution is 0.136. The third-order valence-corrected chi connectivity index (χ3v) is 4.86. The molecule has 1 fully saturated rings. The predicted molar refractivity (Wildman–Crippen MR) is 89.9 cm³/mol. The van der Waals surface area contributed by atoms with E-state index in [1.165, 1.54) is 11.1 Å². The number of hydrogen-bond donors (Lipinski definition) is 2. The van der Waals surface area contributed by atoms with Gasteiger partial charge in [-0.2, -0.15) is 0 Å². The third-order valence-electron chi connectivity index (χ3n) is 4.86. The number of benzene rings is 1. The second kappa shape index (κ2) is 7.14. The molecule has 1 saturated carbocycles. The number of aliphatic hydroxyl groups excluding tert-OH is 1. The minimum atomic E-state index is -0.159. The van der Waals surface area contributed by atoms with E-state index in [2.05, 4.69) is 41.4 Å². The molecule has 0 spiro atoms. The number of aliphatic imine (C=N–C) groups is 1. The van der Waals surface area contributed by atoms with Crippen LogP contribution in [0.25, 0.3) is 0 Å². The Balaban J connectivity index is 1.68. The van der Waals surface area contributed by atoms with E-state index >= 15 is 0 Å². The fourth-order valence-electron chi connectivity index (χ4n) is 3.54. The summed E-state index contributed by atoms with van der Waals surface area (Å²) in [6, 6.07) is 8.67. The summed E-state index contributed by atoms with van der Waals surface area (Å²) in [5.74, 6) is 1.34. The number of nitrogens with one attached hydrogen (secondary N) is 1. The molecule has 2 atom stereocenters. The van der Waals surface area contributed by atoms with E-state index in [-0.39, 0.29) is 6.10 Å². The average Bonchev–Trinajstić information content (AvgIpc) is 2.96.